The molecule has 2 rings (SSSR count). The van der Waals surface area contributed by atoms with Gasteiger partial charge in [0.2, 0.25) is 11.8 Å². The van der Waals surface area contributed by atoms with Crippen LogP contribution in [0, 0.1) is 11.3 Å². The zero-order valence-electron chi connectivity index (χ0n) is 14.3. The Hall–Kier alpha value is -2.57. The first-order chi connectivity index (χ1) is 11.1. The van der Waals surface area contributed by atoms with Gasteiger partial charge in [-0.2, -0.15) is 0 Å². The summed E-state index contributed by atoms with van der Waals surface area (Å²) in [5, 5.41) is 11.9. The zero-order chi connectivity index (χ0) is 18.1. The molecule has 0 bridgehead atoms. The summed E-state index contributed by atoms with van der Waals surface area (Å²) in [5.41, 5.74) is 0.500. The van der Waals surface area contributed by atoms with Crippen molar-refractivity contribution in [1.29, 1.82) is 0 Å². The fourth-order valence-electron chi connectivity index (χ4n) is 2.38. The zero-order valence-corrected chi connectivity index (χ0v) is 14.3. The minimum Gasteiger partial charge on any atom is -0.494 e. The molecule has 1 atom stereocenters. The van der Waals surface area contributed by atoms with Crippen molar-refractivity contribution in [2.75, 3.05) is 23.9 Å². The largest absolute Gasteiger partial charge is 0.494 e. The van der Waals surface area contributed by atoms with Crippen LogP contribution in [0.4, 0.5) is 11.4 Å². The third-order valence-corrected chi connectivity index (χ3v) is 3.90. The van der Waals surface area contributed by atoms with Gasteiger partial charge in [0, 0.05) is 30.1 Å². The highest BCUT2D eigenvalue weighted by atomic mass is 16.5. The molecule has 2 amide bonds. The molecule has 0 unspecified atom stereocenters. The SMILES string of the molecule is COc1cc(N2C[C@H](C(=O)O)CC2=O)ccc1NC(=O)C(C)(C)C. The van der Waals surface area contributed by atoms with E-state index in [9.17, 15) is 14.4 Å². The number of benzene rings is 1. The molecule has 24 heavy (non-hydrogen) atoms. The Labute approximate surface area is 140 Å². The molecule has 1 aromatic rings. The standard InChI is InChI=1S/C17H22N2O5/c1-17(2,3)16(23)18-12-6-5-11(8-13(12)24-4)19-9-10(15(21)22)7-14(19)20/h5-6,8,10H,7,9H2,1-4H3,(H,18,23)(H,21,22)/t10-/m1/s1. The van der Waals surface area contributed by atoms with Gasteiger partial charge in [-0.1, -0.05) is 20.8 Å². The lowest BCUT2D eigenvalue weighted by molar-refractivity contribution is -0.141. The Morgan fingerprint density at radius 3 is 2.50 bits per heavy atom. The number of anilines is 2. The molecule has 130 valence electrons. The molecule has 1 saturated heterocycles. The normalized spacial score (nSPS) is 17.8. The number of carbonyl (C=O) groups excluding carboxylic acids is 2. The van der Waals surface area contributed by atoms with Crippen LogP contribution in [0.3, 0.4) is 0 Å². The lowest BCUT2D eigenvalue weighted by Gasteiger charge is -2.21. The molecular formula is C17H22N2O5. The van der Waals surface area contributed by atoms with E-state index in [2.05, 4.69) is 5.32 Å². The molecule has 1 fully saturated rings. The maximum atomic E-state index is 12.1. The van der Waals surface area contributed by atoms with E-state index in [1.807, 2.05) is 0 Å². The molecule has 2 N–H and O–H groups in total. The fraction of sp³-hybridized carbons (Fsp3) is 0.471. The summed E-state index contributed by atoms with van der Waals surface area (Å²) in [5.74, 6) is -1.67. The van der Waals surface area contributed by atoms with E-state index < -0.39 is 17.3 Å². The Balaban J connectivity index is 2.25. The van der Waals surface area contributed by atoms with E-state index in [1.165, 1.54) is 12.0 Å². The van der Waals surface area contributed by atoms with Gasteiger partial charge in [0.05, 0.1) is 18.7 Å². The number of aliphatic carboxylic acids is 1. The number of carbonyl (C=O) groups is 3. The predicted octanol–water partition coefficient (Wildman–Crippen LogP) is 2.12. The van der Waals surface area contributed by atoms with Gasteiger partial charge in [0.1, 0.15) is 5.75 Å². The molecule has 1 aliphatic rings. The van der Waals surface area contributed by atoms with Crippen molar-refractivity contribution in [3.8, 4) is 5.75 Å². The summed E-state index contributed by atoms with van der Waals surface area (Å²) in [4.78, 5) is 36.6. The first kappa shape index (κ1) is 17.8. The van der Waals surface area contributed by atoms with Crippen molar-refractivity contribution in [3.05, 3.63) is 18.2 Å². The van der Waals surface area contributed by atoms with Crippen molar-refractivity contribution in [1.82, 2.24) is 0 Å². The number of rotatable bonds is 4. The Morgan fingerprint density at radius 1 is 1.33 bits per heavy atom. The molecule has 7 nitrogen and oxygen atoms in total. The molecule has 0 aromatic heterocycles. The molecule has 7 heteroatoms. The second kappa shape index (κ2) is 6.51. The smallest absolute Gasteiger partial charge is 0.308 e. The van der Waals surface area contributed by atoms with E-state index in [1.54, 1.807) is 39.0 Å². The summed E-state index contributed by atoms with van der Waals surface area (Å²) in [7, 11) is 1.47. The molecular weight excluding hydrogens is 312 g/mol. The number of hydrogen-bond donors (Lipinski definition) is 2. The second-order valence-corrected chi connectivity index (χ2v) is 6.83. The van der Waals surface area contributed by atoms with Crippen molar-refractivity contribution in [2.24, 2.45) is 11.3 Å². The van der Waals surface area contributed by atoms with Gasteiger partial charge in [0.15, 0.2) is 0 Å². The first-order valence-electron chi connectivity index (χ1n) is 7.66. The number of hydrogen-bond acceptors (Lipinski definition) is 4. The van der Waals surface area contributed by atoms with Crippen LogP contribution in [0.1, 0.15) is 27.2 Å². The number of carboxylic acids is 1. The van der Waals surface area contributed by atoms with Crippen molar-refractivity contribution >= 4 is 29.2 Å². The van der Waals surface area contributed by atoms with Crippen molar-refractivity contribution in [3.63, 3.8) is 0 Å². The number of methoxy groups -OCH3 is 1. The monoisotopic (exact) mass is 334 g/mol. The van der Waals surface area contributed by atoms with Crippen LogP contribution in [0.25, 0.3) is 0 Å². The van der Waals surface area contributed by atoms with Crippen molar-refractivity contribution < 1.29 is 24.2 Å². The van der Waals surface area contributed by atoms with Gasteiger partial charge >= 0.3 is 5.97 Å². The molecule has 1 heterocycles. The fourth-order valence-corrected chi connectivity index (χ4v) is 2.38. The van der Waals surface area contributed by atoms with Crippen LogP contribution in [0.2, 0.25) is 0 Å². The summed E-state index contributed by atoms with van der Waals surface area (Å²) in [6.07, 6.45) is -0.0137. The second-order valence-electron chi connectivity index (χ2n) is 6.83. The van der Waals surface area contributed by atoms with Gasteiger partial charge in [-0.05, 0) is 12.1 Å². The maximum absolute atomic E-state index is 12.1. The highest BCUT2D eigenvalue weighted by Crippen LogP contribution is 2.33. The number of carboxylic acid groups (broad SMARTS) is 1. The number of nitrogens with one attached hydrogen (secondary N) is 1. The van der Waals surface area contributed by atoms with E-state index in [0.29, 0.717) is 17.1 Å². The third-order valence-electron chi connectivity index (χ3n) is 3.90. The van der Waals surface area contributed by atoms with Gasteiger partial charge in [-0.3, -0.25) is 14.4 Å². The topological polar surface area (TPSA) is 95.9 Å². The Kier molecular flexibility index (Phi) is 4.82. The molecule has 0 radical (unpaired) electrons. The first-order valence-corrected chi connectivity index (χ1v) is 7.66. The minimum atomic E-state index is -0.980. The Bertz CT molecular complexity index is 678. The Morgan fingerprint density at radius 2 is 2.00 bits per heavy atom. The van der Waals surface area contributed by atoms with E-state index >= 15 is 0 Å². The quantitative estimate of drug-likeness (QED) is 0.879. The predicted molar refractivity (Wildman–Crippen MR) is 89.2 cm³/mol. The minimum absolute atomic E-state index is 0.0137. The summed E-state index contributed by atoms with van der Waals surface area (Å²) < 4.78 is 5.30. The maximum Gasteiger partial charge on any atom is 0.308 e. The van der Waals surface area contributed by atoms with Gasteiger partial charge in [0.25, 0.3) is 0 Å². The number of nitrogens with zero attached hydrogens (tertiary/aromatic N) is 1. The summed E-state index contributed by atoms with van der Waals surface area (Å²) in [6, 6.07) is 4.95. The van der Waals surface area contributed by atoms with Crippen LogP contribution in [0.5, 0.6) is 5.75 Å². The van der Waals surface area contributed by atoms with Crippen LogP contribution in [-0.4, -0.2) is 36.5 Å². The van der Waals surface area contributed by atoms with Crippen LogP contribution in [-0.2, 0) is 14.4 Å². The van der Waals surface area contributed by atoms with Gasteiger partial charge < -0.3 is 20.1 Å². The molecule has 0 saturated carbocycles. The number of ether oxygens (including phenoxy) is 1. The highest BCUT2D eigenvalue weighted by Gasteiger charge is 2.35. The lowest BCUT2D eigenvalue weighted by Crippen LogP contribution is -2.28. The highest BCUT2D eigenvalue weighted by molar-refractivity contribution is 6.00. The van der Waals surface area contributed by atoms with E-state index in [4.69, 9.17) is 9.84 Å². The lowest BCUT2D eigenvalue weighted by atomic mass is 9.95. The summed E-state index contributed by atoms with van der Waals surface area (Å²) >= 11 is 0. The average molecular weight is 334 g/mol. The van der Waals surface area contributed by atoms with E-state index in [0.717, 1.165) is 0 Å². The van der Waals surface area contributed by atoms with Gasteiger partial charge in [-0.15, -0.1) is 0 Å². The van der Waals surface area contributed by atoms with Crippen LogP contribution < -0.4 is 15.0 Å². The van der Waals surface area contributed by atoms with Crippen molar-refractivity contribution in [2.45, 2.75) is 27.2 Å². The molecule has 0 aliphatic carbocycles. The molecule has 1 aromatic carbocycles. The summed E-state index contributed by atoms with van der Waals surface area (Å²) in [6.45, 7) is 5.54. The van der Waals surface area contributed by atoms with Crippen LogP contribution in [0.15, 0.2) is 18.2 Å². The molecule has 1 aliphatic heterocycles. The number of amides is 2. The van der Waals surface area contributed by atoms with E-state index in [-0.39, 0.29) is 24.8 Å². The third kappa shape index (κ3) is 3.67. The average Bonchev–Trinajstić information content (AvgIpc) is 2.89. The van der Waals surface area contributed by atoms with Crippen LogP contribution >= 0.6 is 0 Å². The molecule has 0 spiro atoms. The van der Waals surface area contributed by atoms with Gasteiger partial charge in [-0.25, -0.2) is 0 Å².